The SMILES string of the molecule is CC1CCN(C(=O)C2CCCN(C(=O)c3ccc4cc[nH]c4c3)C2)CC1. The van der Waals surface area contributed by atoms with Crippen molar-refractivity contribution in [3.63, 3.8) is 0 Å². The Balaban J connectivity index is 1.44. The number of amides is 2. The van der Waals surface area contributed by atoms with Gasteiger partial charge in [0.2, 0.25) is 5.91 Å². The zero-order valence-corrected chi connectivity index (χ0v) is 15.4. The molecule has 5 heteroatoms. The summed E-state index contributed by atoms with van der Waals surface area (Å²) in [4.78, 5) is 32.9. The van der Waals surface area contributed by atoms with Crippen LogP contribution in [-0.4, -0.2) is 52.8 Å². The number of hydrogen-bond acceptors (Lipinski definition) is 2. The second-order valence-corrected chi connectivity index (χ2v) is 7.88. The summed E-state index contributed by atoms with van der Waals surface area (Å²) < 4.78 is 0. The van der Waals surface area contributed by atoms with E-state index in [0.717, 1.165) is 56.2 Å². The number of aromatic nitrogens is 1. The number of carbonyl (C=O) groups is 2. The van der Waals surface area contributed by atoms with Gasteiger partial charge in [0.1, 0.15) is 0 Å². The van der Waals surface area contributed by atoms with E-state index in [1.165, 1.54) is 0 Å². The van der Waals surface area contributed by atoms with Crippen LogP contribution < -0.4 is 0 Å². The van der Waals surface area contributed by atoms with E-state index < -0.39 is 0 Å². The molecule has 0 saturated carbocycles. The minimum absolute atomic E-state index is 0.0336. The molecule has 1 N–H and O–H groups in total. The minimum atomic E-state index is -0.0460. The molecule has 1 aromatic heterocycles. The molecule has 2 aliphatic rings. The molecule has 2 aliphatic heterocycles. The number of piperidine rings is 2. The number of H-pyrrole nitrogens is 1. The van der Waals surface area contributed by atoms with E-state index in [1.807, 2.05) is 40.3 Å². The summed E-state index contributed by atoms with van der Waals surface area (Å²) >= 11 is 0. The van der Waals surface area contributed by atoms with E-state index in [0.29, 0.717) is 18.0 Å². The van der Waals surface area contributed by atoms with Gasteiger partial charge in [-0.2, -0.15) is 0 Å². The quantitative estimate of drug-likeness (QED) is 0.901. The van der Waals surface area contributed by atoms with Gasteiger partial charge in [-0.15, -0.1) is 0 Å². The van der Waals surface area contributed by atoms with Gasteiger partial charge >= 0.3 is 0 Å². The number of fused-ring (bicyclic) bond motifs is 1. The fourth-order valence-electron chi connectivity index (χ4n) is 4.21. The molecule has 0 radical (unpaired) electrons. The Labute approximate surface area is 154 Å². The second kappa shape index (κ2) is 7.14. The number of nitrogens with one attached hydrogen (secondary N) is 1. The molecule has 1 unspecified atom stereocenters. The number of aromatic amines is 1. The van der Waals surface area contributed by atoms with Crippen molar-refractivity contribution >= 4 is 22.7 Å². The molecule has 0 bridgehead atoms. The summed E-state index contributed by atoms with van der Waals surface area (Å²) in [6.45, 7) is 5.28. The molecule has 4 rings (SSSR count). The molecule has 2 fully saturated rings. The van der Waals surface area contributed by atoms with Crippen molar-refractivity contribution < 1.29 is 9.59 Å². The maximum Gasteiger partial charge on any atom is 0.253 e. The van der Waals surface area contributed by atoms with Crippen molar-refractivity contribution in [1.82, 2.24) is 14.8 Å². The van der Waals surface area contributed by atoms with Crippen molar-refractivity contribution in [3.8, 4) is 0 Å². The molecule has 26 heavy (non-hydrogen) atoms. The highest BCUT2D eigenvalue weighted by Gasteiger charge is 2.32. The van der Waals surface area contributed by atoms with Gasteiger partial charge in [0.15, 0.2) is 0 Å². The first-order valence-corrected chi connectivity index (χ1v) is 9.77. The first kappa shape index (κ1) is 17.1. The maximum atomic E-state index is 12.9. The lowest BCUT2D eigenvalue weighted by Crippen LogP contribution is -2.48. The lowest BCUT2D eigenvalue weighted by Gasteiger charge is -2.37. The zero-order valence-electron chi connectivity index (χ0n) is 15.4. The van der Waals surface area contributed by atoms with E-state index in [9.17, 15) is 9.59 Å². The normalized spacial score (nSPS) is 22.0. The van der Waals surface area contributed by atoms with Crippen LogP contribution >= 0.6 is 0 Å². The summed E-state index contributed by atoms with van der Waals surface area (Å²) in [5, 5.41) is 1.10. The third-order valence-electron chi connectivity index (χ3n) is 5.96. The molecule has 0 aliphatic carbocycles. The molecule has 0 spiro atoms. The first-order valence-electron chi connectivity index (χ1n) is 9.77. The topological polar surface area (TPSA) is 56.4 Å². The van der Waals surface area contributed by atoms with Crippen molar-refractivity contribution in [2.45, 2.75) is 32.6 Å². The number of likely N-dealkylation sites (tertiary alicyclic amines) is 2. The Bertz CT molecular complexity index is 804. The Hall–Kier alpha value is -2.30. The average Bonchev–Trinajstić information content (AvgIpc) is 3.15. The Morgan fingerprint density at radius 2 is 1.85 bits per heavy atom. The Kier molecular flexibility index (Phi) is 4.70. The summed E-state index contributed by atoms with van der Waals surface area (Å²) in [6.07, 6.45) is 5.87. The molecule has 3 heterocycles. The van der Waals surface area contributed by atoms with E-state index in [-0.39, 0.29) is 17.7 Å². The largest absolute Gasteiger partial charge is 0.361 e. The zero-order chi connectivity index (χ0) is 18.1. The molecule has 5 nitrogen and oxygen atoms in total. The fraction of sp³-hybridized carbons (Fsp3) is 0.524. The number of benzene rings is 1. The van der Waals surface area contributed by atoms with E-state index in [4.69, 9.17) is 0 Å². The highest BCUT2D eigenvalue weighted by molar-refractivity contribution is 5.98. The Morgan fingerprint density at radius 3 is 2.65 bits per heavy atom. The van der Waals surface area contributed by atoms with Gasteiger partial charge in [0, 0.05) is 43.5 Å². The van der Waals surface area contributed by atoms with Crippen LogP contribution in [0.5, 0.6) is 0 Å². The first-order chi connectivity index (χ1) is 12.6. The minimum Gasteiger partial charge on any atom is -0.361 e. The molecule has 2 saturated heterocycles. The van der Waals surface area contributed by atoms with Crippen molar-refractivity contribution in [3.05, 3.63) is 36.0 Å². The lowest BCUT2D eigenvalue weighted by atomic mass is 9.93. The predicted molar refractivity (Wildman–Crippen MR) is 102 cm³/mol. The van der Waals surface area contributed by atoms with Gasteiger partial charge in [-0.05, 0) is 55.2 Å². The van der Waals surface area contributed by atoms with Crippen LogP contribution in [0.3, 0.4) is 0 Å². The molecular weight excluding hydrogens is 326 g/mol. The molecule has 1 atom stereocenters. The van der Waals surface area contributed by atoms with Gasteiger partial charge in [-0.25, -0.2) is 0 Å². The molecular formula is C21H27N3O2. The van der Waals surface area contributed by atoms with Gasteiger partial charge in [-0.3, -0.25) is 9.59 Å². The lowest BCUT2D eigenvalue weighted by molar-refractivity contribution is -0.138. The Morgan fingerprint density at radius 1 is 1.04 bits per heavy atom. The molecule has 138 valence electrons. The van der Waals surface area contributed by atoms with Crippen LogP contribution in [0.1, 0.15) is 43.0 Å². The monoisotopic (exact) mass is 353 g/mol. The standard InChI is InChI=1S/C21H27N3O2/c1-15-7-11-23(12-8-15)21(26)18-3-2-10-24(14-18)20(25)17-5-4-16-6-9-22-19(16)13-17/h4-6,9,13,15,18,22H,2-3,7-8,10-12,14H2,1H3. The van der Waals surface area contributed by atoms with E-state index >= 15 is 0 Å². The van der Waals surface area contributed by atoms with Crippen LogP contribution in [0.15, 0.2) is 30.5 Å². The van der Waals surface area contributed by atoms with Crippen LogP contribution in [0.2, 0.25) is 0 Å². The summed E-state index contributed by atoms with van der Waals surface area (Å²) in [5.74, 6) is 0.946. The van der Waals surface area contributed by atoms with Crippen LogP contribution in [0.4, 0.5) is 0 Å². The third kappa shape index (κ3) is 3.35. The average molecular weight is 353 g/mol. The van der Waals surface area contributed by atoms with Crippen molar-refractivity contribution in [2.24, 2.45) is 11.8 Å². The number of hydrogen-bond donors (Lipinski definition) is 1. The molecule has 2 aromatic rings. The van der Waals surface area contributed by atoms with Crippen molar-refractivity contribution in [1.29, 1.82) is 0 Å². The number of carbonyl (C=O) groups excluding carboxylic acids is 2. The van der Waals surface area contributed by atoms with Crippen LogP contribution in [0.25, 0.3) is 10.9 Å². The summed E-state index contributed by atoms with van der Waals surface area (Å²) in [7, 11) is 0. The molecule has 2 amide bonds. The fourth-order valence-corrected chi connectivity index (χ4v) is 4.21. The molecule has 1 aromatic carbocycles. The van der Waals surface area contributed by atoms with Gasteiger partial charge in [-0.1, -0.05) is 13.0 Å². The van der Waals surface area contributed by atoms with E-state index in [1.54, 1.807) is 0 Å². The van der Waals surface area contributed by atoms with Gasteiger partial charge in [0.25, 0.3) is 5.91 Å². The number of rotatable bonds is 2. The highest BCUT2D eigenvalue weighted by Crippen LogP contribution is 2.24. The smallest absolute Gasteiger partial charge is 0.253 e. The third-order valence-corrected chi connectivity index (χ3v) is 5.96. The van der Waals surface area contributed by atoms with Gasteiger partial charge in [0.05, 0.1) is 5.92 Å². The van der Waals surface area contributed by atoms with E-state index in [2.05, 4.69) is 11.9 Å². The van der Waals surface area contributed by atoms with Crippen molar-refractivity contribution in [2.75, 3.05) is 26.2 Å². The van der Waals surface area contributed by atoms with Gasteiger partial charge < -0.3 is 14.8 Å². The maximum absolute atomic E-state index is 12.9. The predicted octanol–water partition coefficient (Wildman–Crippen LogP) is 3.28. The summed E-state index contributed by atoms with van der Waals surface area (Å²) in [6, 6.07) is 7.77. The highest BCUT2D eigenvalue weighted by atomic mass is 16.2. The number of nitrogens with zero attached hydrogens (tertiary/aromatic N) is 2. The summed E-state index contributed by atoms with van der Waals surface area (Å²) in [5.41, 5.74) is 1.67. The van der Waals surface area contributed by atoms with Crippen LogP contribution in [0, 0.1) is 11.8 Å². The second-order valence-electron chi connectivity index (χ2n) is 7.88. The van der Waals surface area contributed by atoms with Crippen LogP contribution in [-0.2, 0) is 4.79 Å².